The standard InChI is InChI=1S/C14H16F3N3O3/c1-7-3-4-10(14(2,16)17)18-11(7)19-12(21)9-5-8(15)6-20(9)13(22)23/h3-4,8-9H,5-6H2,1-2H3,(H,22,23)(H,18,19,21)/t8-,9+/m1/s1. The monoisotopic (exact) mass is 331 g/mol. The number of carbonyl (C=O) groups excluding carboxylic acids is 1. The van der Waals surface area contributed by atoms with E-state index in [4.69, 9.17) is 5.11 Å². The molecule has 1 fully saturated rings. The Hall–Kier alpha value is -2.32. The van der Waals surface area contributed by atoms with Gasteiger partial charge in [-0.25, -0.2) is 14.2 Å². The quantitative estimate of drug-likeness (QED) is 0.892. The van der Waals surface area contributed by atoms with Gasteiger partial charge in [0, 0.05) is 13.3 Å². The fraction of sp³-hybridized carbons (Fsp3) is 0.500. The lowest BCUT2D eigenvalue weighted by atomic mass is 10.1. The van der Waals surface area contributed by atoms with Gasteiger partial charge in [0.2, 0.25) is 5.91 Å². The number of pyridine rings is 1. The predicted molar refractivity (Wildman–Crippen MR) is 75.2 cm³/mol. The molecule has 6 nitrogen and oxygen atoms in total. The Bertz CT molecular complexity index is 633. The van der Waals surface area contributed by atoms with Gasteiger partial charge in [0.05, 0.1) is 6.54 Å². The van der Waals surface area contributed by atoms with Crippen molar-refractivity contribution in [3.63, 3.8) is 0 Å². The van der Waals surface area contributed by atoms with E-state index < -0.39 is 42.4 Å². The molecule has 0 aromatic carbocycles. The van der Waals surface area contributed by atoms with Crippen LogP contribution >= 0.6 is 0 Å². The number of amides is 2. The van der Waals surface area contributed by atoms with Gasteiger partial charge < -0.3 is 10.4 Å². The Morgan fingerprint density at radius 1 is 1.43 bits per heavy atom. The molecule has 1 aliphatic heterocycles. The maximum Gasteiger partial charge on any atom is 0.408 e. The van der Waals surface area contributed by atoms with Crippen LogP contribution in [0.2, 0.25) is 0 Å². The third-order valence-corrected chi connectivity index (χ3v) is 3.59. The molecule has 1 saturated heterocycles. The lowest BCUT2D eigenvalue weighted by Crippen LogP contribution is -2.42. The first kappa shape index (κ1) is 17.0. The number of anilines is 1. The van der Waals surface area contributed by atoms with Crippen LogP contribution in [-0.4, -0.2) is 45.7 Å². The van der Waals surface area contributed by atoms with Crippen molar-refractivity contribution in [3.05, 3.63) is 23.4 Å². The van der Waals surface area contributed by atoms with Crippen molar-refractivity contribution in [1.29, 1.82) is 0 Å². The number of carbonyl (C=O) groups is 2. The van der Waals surface area contributed by atoms with E-state index in [-0.39, 0.29) is 12.2 Å². The third-order valence-electron chi connectivity index (χ3n) is 3.59. The van der Waals surface area contributed by atoms with Crippen LogP contribution < -0.4 is 5.32 Å². The van der Waals surface area contributed by atoms with Crippen LogP contribution in [0.3, 0.4) is 0 Å². The molecule has 0 radical (unpaired) electrons. The van der Waals surface area contributed by atoms with Crippen molar-refractivity contribution in [2.45, 2.75) is 38.4 Å². The van der Waals surface area contributed by atoms with E-state index in [1.807, 2.05) is 0 Å². The molecular formula is C14H16F3N3O3. The number of aryl methyl sites for hydroxylation is 1. The first-order valence-corrected chi connectivity index (χ1v) is 6.90. The van der Waals surface area contributed by atoms with Gasteiger partial charge in [-0.05, 0) is 18.6 Å². The van der Waals surface area contributed by atoms with Crippen molar-refractivity contribution < 1.29 is 27.9 Å². The molecular weight excluding hydrogens is 315 g/mol. The molecule has 2 N–H and O–H groups in total. The summed E-state index contributed by atoms with van der Waals surface area (Å²) < 4.78 is 40.0. The Kier molecular flexibility index (Phi) is 4.49. The normalized spacial score (nSPS) is 21.3. The molecule has 23 heavy (non-hydrogen) atoms. The number of nitrogens with one attached hydrogen (secondary N) is 1. The van der Waals surface area contributed by atoms with E-state index in [0.717, 1.165) is 6.07 Å². The molecule has 2 heterocycles. The lowest BCUT2D eigenvalue weighted by Gasteiger charge is -2.21. The summed E-state index contributed by atoms with van der Waals surface area (Å²) in [6, 6.07) is 1.30. The minimum absolute atomic E-state index is 0.0957. The number of aromatic nitrogens is 1. The van der Waals surface area contributed by atoms with Crippen LogP contribution in [0.5, 0.6) is 0 Å². The average molecular weight is 331 g/mol. The van der Waals surface area contributed by atoms with Gasteiger partial charge in [0.1, 0.15) is 23.7 Å². The number of alkyl halides is 3. The van der Waals surface area contributed by atoms with E-state index in [1.165, 1.54) is 6.07 Å². The first-order chi connectivity index (χ1) is 10.6. The zero-order valence-corrected chi connectivity index (χ0v) is 12.5. The van der Waals surface area contributed by atoms with E-state index >= 15 is 0 Å². The smallest absolute Gasteiger partial charge is 0.408 e. The SMILES string of the molecule is Cc1ccc(C(C)(F)F)nc1NC(=O)[C@@H]1C[C@@H](F)CN1C(=O)O. The molecule has 0 aliphatic carbocycles. The second-order valence-electron chi connectivity index (χ2n) is 5.52. The third kappa shape index (κ3) is 3.72. The van der Waals surface area contributed by atoms with Crippen molar-refractivity contribution >= 4 is 17.8 Å². The number of hydrogen-bond donors (Lipinski definition) is 2. The van der Waals surface area contributed by atoms with Crippen LogP contribution in [0.25, 0.3) is 0 Å². The van der Waals surface area contributed by atoms with Gasteiger partial charge in [0.25, 0.3) is 5.92 Å². The zero-order chi connectivity index (χ0) is 17.4. The Morgan fingerprint density at radius 2 is 2.09 bits per heavy atom. The molecule has 0 unspecified atom stereocenters. The first-order valence-electron chi connectivity index (χ1n) is 6.90. The van der Waals surface area contributed by atoms with Crippen LogP contribution in [-0.2, 0) is 10.7 Å². The van der Waals surface area contributed by atoms with E-state index in [9.17, 15) is 22.8 Å². The molecule has 1 aromatic rings. The summed E-state index contributed by atoms with van der Waals surface area (Å²) >= 11 is 0. The summed E-state index contributed by atoms with van der Waals surface area (Å²) in [5.74, 6) is -4.07. The van der Waals surface area contributed by atoms with Gasteiger partial charge in [-0.1, -0.05) is 6.07 Å². The maximum atomic E-state index is 13.4. The number of nitrogens with zero attached hydrogens (tertiary/aromatic N) is 2. The van der Waals surface area contributed by atoms with Gasteiger partial charge in [-0.3, -0.25) is 9.69 Å². The van der Waals surface area contributed by atoms with Crippen LogP contribution in [0.1, 0.15) is 24.6 Å². The van der Waals surface area contributed by atoms with Gasteiger partial charge >= 0.3 is 6.09 Å². The molecule has 0 saturated carbocycles. The highest BCUT2D eigenvalue weighted by atomic mass is 19.3. The molecule has 0 spiro atoms. The van der Waals surface area contributed by atoms with Gasteiger partial charge in [-0.2, -0.15) is 8.78 Å². The molecule has 1 aliphatic rings. The van der Waals surface area contributed by atoms with Crippen molar-refractivity contribution in [1.82, 2.24) is 9.88 Å². The Morgan fingerprint density at radius 3 is 2.65 bits per heavy atom. The summed E-state index contributed by atoms with van der Waals surface area (Å²) in [6.07, 6.45) is -3.13. The fourth-order valence-corrected chi connectivity index (χ4v) is 2.34. The largest absolute Gasteiger partial charge is 0.465 e. The number of rotatable bonds is 3. The minimum atomic E-state index is -3.18. The van der Waals surface area contributed by atoms with Crippen molar-refractivity contribution in [3.8, 4) is 0 Å². The highest BCUT2D eigenvalue weighted by molar-refractivity contribution is 5.96. The molecule has 1 aromatic heterocycles. The Balaban J connectivity index is 2.21. The zero-order valence-electron chi connectivity index (χ0n) is 12.5. The fourth-order valence-electron chi connectivity index (χ4n) is 2.34. The summed E-state index contributed by atoms with van der Waals surface area (Å²) in [7, 11) is 0. The highest BCUT2D eigenvalue weighted by Gasteiger charge is 2.40. The van der Waals surface area contributed by atoms with Crippen molar-refractivity contribution in [2.24, 2.45) is 0 Å². The molecule has 2 rings (SSSR count). The lowest BCUT2D eigenvalue weighted by molar-refractivity contribution is -0.120. The summed E-state index contributed by atoms with van der Waals surface area (Å²) in [5, 5.41) is 11.3. The average Bonchev–Trinajstić information content (AvgIpc) is 2.82. The summed E-state index contributed by atoms with van der Waals surface area (Å²) in [6.45, 7) is 1.84. The number of halogens is 3. The van der Waals surface area contributed by atoms with Crippen molar-refractivity contribution in [2.75, 3.05) is 11.9 Å². The maximum absolute atomic E-state index is 13.4. The number of carboxylic acid groups (broad SMARTS) is 1. The van der Waals surface area contributed by atoms with Gasteiger partial charge in [-0.15, -0.1) is 0 Å². The topological polar surface area (TPSA) is 82.5 Å². The van der Waals surface area contributed by atoms with Crippen LogP contribution in [0.4, 0.5) is 23.8 Å². The minimum Gasteiger partial charge on any atom is -0.465 e. The van der Waals surface area contributed by atoms with Crippen LogP contribution in [0, 0.1) is 6.92 Å². The van der Waals surface area contributed by atoms with Gasteiger partial charge in [0.15, 0.2) is 0 Å². The Labute approximate surface area is 130 Å². The molecule has 0 bridgehead atoms. The molecule has 2 amide bonds. The van der Waals surface area contributed by atoms with Crippen LogP contribution in [0.15, 0.2) is 12.1 Å². The summed E-state index contributed by atoms with van der Waals surface area (Å²) in [5.41, 5.74) is -0.0914. The molecule has 9 heteroatoms. The van der Waals surface area contributed by atoms with E-state index in [0.29, 0.717) is 17.4 Å². The second-order valence-corrected chi connectivity index (χ2v) is 5.52. The number of likely N-dealkylation sites (tertiary alicyclic amines) is 1. The predicted octanol–water partition coefficient (Wildman–Crippen LogP) is 2.53. The molecule has 2 atom stereocenters. The number of hydrogen-bond acceptors (Lipinski definition) is 3. The van der Waals surface area contributed by atoms with E-state index in [1.54, 1.807) is 6.92 Å². The molecule has 126 valence electrons. The highest BCUT2D eigenvalue weighted by Crippen LogP contribution is 2.28. The van der Waals surface area contributed by atoms with E-state index in [2.05, 4.69) is 10.3 Å². The second kappa shape index (κ2) is 6.05. The summed E-state index contributed by atoms with van der Waals surface area (Å²) in [4.78, 5) is 27.6.